The summed E-state index contributed by atoms with van der Waals surface area (Å²) in [5, 5.41) is 0. The molecule has 0 saturated heterocycles. The van der Waals surface area contributed by atoms with Crippen LogP contribution in [0.4, 0.5) is 13.2 Å². The molecule has 1 aromatic rings. The average molecular weight is 285 g/mol. The Morgan fingerprint density at radius 3 is 2.45 bits per heavy atom. The van der Waals surface area contributed by atoms with Crippen molar-refractivity contribution in [1.82, 2.24) is 0 Å². The van der Waals surface area contributed by atoms with Gasteiger partial charge in [-0.2, -0.15) is 13.2 Å². The summed E-state index contributed by atoms with van der Waals surface area (Å²) >= 11 is 0. The van der Waals surface area contributed by atoms with E-state index in [0.717, 1.165) is 17.5 Å². The molecule has 1 fully saturated rings. The molecule has 1 aromatic carbocycles. The molecular weight excluding hydrogens is 263 g/mol. The fraction of sp³-hybridized carbons (Fsp3) is 0.625. The third kappa shape index (κ3) is 3.35. The number of nitrogens with two attached hydrogens (primary N) is 1. The summed E-state index contributed by atoms with van der Waals surface area (Å²) in [6.07, 6.45) is -2.26. The third-order valence-corrected chi connectivity index (χ3v) is 4.60. The molecule has 0 spiro atoms. The van der Waals surface area contributed by atoms with Crippen LogP contribution in [0.25, 0.3) is 0 Å². The third-order valence-electron chi connectivity index (χ3n) is 4.60. The number of aryl methyl sites for hydroxylation is 2. The van der Waals surface area contributed by atoms with Crippen LogP contribution in [0.15, 0.2) is 18.2 Å². The van der Waals surface area contributed by atoms with Gasteiger partial charge in [0.25, 0.3) is 0 Å². The van der Waals surface area contributed by atoms with Crippen molar-refractivity contribution in [3.05, 3.63) is 34.9 Å². The number of halogens is 3. The minimum atomic E-state index is -4.08. The van der Waals surface area contributed by atoms with Crippen molar-refractivity contribution in [1.29, 1.82) is 0 Å². The van der Waals surface area contributed by atoms with Crippen molar-refractivity contribution < 1.29 is 13.2 Å². The molecule has 2 N–H and O–H groups in total. The molecule has 1 aliphatic carbocycles. The Balaban J connectivity index is 2.12. The first-order valence-corrected chi connectivity index (χ1v) is 7.18. The fourth-order valence-electron chi connectivity index (χ4n) is 3.10. The van der Waals surface area contributed by atoms with Gasteiger partial charge in [-0.1, -0.05) is 24.6 Å². The van der Waals surface area contributed by atoms with Crippen LogP contribution in [0, 0.1) is 25.7 Å². The molecule has 0 bridgehead atoms. The smallest absolute Gasteiger partial charge is 0.324 e. The minimum absolute atomic E-state index is 0.0718. The minimum Gasteiger partial charge on any atom is -0.324 e. The summed E-state index contributed by atoms with van der Waals surface area (Å²) in [4.78, 5) is 0. The van der Waals surface area contributed by atoms with Crippen LogP contribution in [-0.2, 0) is 0 Å². The van der Waals surface area contributed by atoms with Gasteiger partial charge < -0.3 is 5.73 Å². The van der Waals surface area contributed by atoms with E-state index >= 15 is 0 Å². The highest BCUT2D eigenvalue weighted by molar-refractivity contribution is 5.31. The zero-order chi connectivity index (χ0) is 14.9. The normalized spacial score (nSPS) is 25.5. The Hall–Kier alpha value is -1.03. The second-order valence-corrected chi connectivity index (χ2v) is 6.03. The number of benzene rings is 1. The van der Waals surface area contributed by atoms with Gasteiger partial charge in [-0.15, -0.1) is 0 Å². The van der Waals surface area contributed by atoms with E-state index < -0.39 is 12.1 Å². The maximum atomic E-state index is 12.9. The van der Waals surface area contributed by atoms with Gasteiger partial charge in [0.05, 0.1) is 5.92 Å². The molecule has 0 radical (unpaired) electrons. The topological polar surface area (TPSA) is 26.0 Å². The van der Waals surface area contributed by atoms with Gasteiger partial charge in [-0.25, -0.2) is 0 Å². The van der Waals surface area contributed by atoms with E-state index in [1.165, 1.54) is 5.56 Å². The lowest BCUT2D eigenvalue weighted by Crippen LogP contribution is -2.33. The molecule has 2 rings (SSSR count). The van der Waals surface area contributed by atoms with E-state index in [1.807, 2.05) is 32.0 Å². The maximum Gasteiger partial charge on any atom is 0.391 e. The highest BCUT2D eigenvalue weighted by Crippen LogP contribution is 2.43. The average Bonchev–Trinajstić information content (AvgIpc) is 2.40. The fourth-order valence-corrected chi connectivity index (χ4v) is 3.10. The van der Waals surface area contributed by atoms with E-state index in [-0.39, 0.29) is 24.8 Å². The number of rotatable bonds is 2. The van der Waals surface area contributed by atoms with Crippen LogP contribution < -0.4 is 5.73 Å². The van der Waals surface area contributed by atoms with Crippen molar-refractivity contribution in [3.8, 4) is 0 Å². The molecule has 20 heavy (non-hydrogen) atoms. The molecule has 1 aliphatic rings. The van der Waals surface area contributed by atoms with Gasteiger partial charge >= 0.3 is 6.18 Å². The lowest BCUT2D eigenvalue weighted by Gasteiger charge is -2.34. The predicted octanol–water partition coefficient (Wildman–Crippen LogP) is 4.67. The Morgan fingerprint density at radius 1 is 1.15 bits per heavy atom. The Labute approximate surface area is 118 Å². The van der Waals surface area contributed by atoms with E-state index in [2.05, 4.69) is 0 Å². The van der Waals surface area contributed by atoms with Crippen LogP contribution in [-0.4, -0.2) is 6.18 Å². The Morgan fingerprint density at radius 2 is 1.85 bits per heavy atom. The first kappa shape index (κ1) is 15.4. The predicted molar refractivity (Wildman–Crippen MR) is 74.3 cm³/mol. The van der Waals surface area contributed by atoms with Gasteiger partial charge in [0.2, 0.25) is 0 Å². The molecule has 1 saturated carbocycles. The van der Waals surface area contributed by atoms with Crippen molar-refractivity contribution >= 4 is 0 Å². The molecule has 0 aromatic heterocycles. The molecule has 3 unspecified atom stereocenters. The zero-order valence-corrected chi connectivity index (χ0v) is 12.0. The quantitative estimate of drug-likeness (QED) is 0.839. The van der Waals surface area contributed by atoms with Crippen LogP contribution in [0.5, 0.6) is 0 Å². The standard InChI is InChI=1S/C16H22F3N/c1-10-6-7-13(8-11(10)2)15(20)12-4-3-5-14(9-12)16(17,18)19/h6-8,12,14-15H,3-5,9,20H2,1-2H3. The lowest BCUT2D eigenvalue weighted by molar-refractivity contribution is -0.186. The zero-order valence-electron chi connectivity index (χ0n) is 12.0. The summed E-state index contributed by atoms with van der Waals surface area (Å²) in [5.74, 6) is -1.25. The monoisotopic (exact) mass is 285 g/mol. The molecular formula is C16H22F3N. The molecule has 3 atom stereocenters. The molecule has 4 heteroatoms. The van der Waals surface area contributed by atoms with Crippen molar-refractivity contribution in [2.24, 2.45) is 17.6 Å². The summed E-state index contributed by atoms with van der Waals surface area (Å²) in [7, 11) is 0. The first-order chi connectivity index (χ1) is 9.29. The Kier molecular flexibility index (Phi) is 4.43. The Bertz CT molecular complexity index is 467. The summed E-state index contributed by atoms with van der Waals surface area (Å²) < 4.78 is 38.6. The lowest BCUT2D eigenvalue weighted by atomic mass is 9.76. The maximum absolute atomic E-state index is 12.9. The van der Waals surface area contributed by atoms with Crippen LogP contribution in [0.1, 0.15) is 48.4 Å². The van der Waals surface area contributed by atoms with Crippen LogP contribution in [0.2, 0.25) is 0 Å². The van der Waals surface area contributed by atoms with Gasteiger partial charge in [0.15, 0.2) is 0 Å². The highest BCUT2D eigenvalue weighted by atomic mass is 19.4. The highest BCUT2D eigenvalue weighted by Gasteiger charge is 2.43. The van der Waals surface area contributed by atoms with E-state index in [9.17, 15) is 13.2 Å². The van der Waals surface area contributed by atoms with Crippen LogP contribution >= 0.6 is 0 Å². The molecule has 0 heterocycles. The molecule has 0 amide bonds. The second-order valence-electron chi connectivity index (χ2n) is 6.03. The van der Waals surface area contributed by atoms with Gasteiger partial charge in [-0.3, -0.25) is 0 Å². The number of alkyl halides is 3. The van der Waals surface area contributed by atoms with Crippen molar-refractivity contribution in [2.45, 2.75) is 51.7 Å². The second kappa shape index (κ2) is 5.76. The van der Waals surface area contributed by atoms with Gasteiger partial charge in [0.1, 0.15) is 0 Å². The molecule has 112 valence electrons. The van der Waals surface area contributed by atoms with E-state index in [1.54, 1.807) is 0 Å². The largest absolute Gasteiger partial charge is 0.391 e. The SMILES string of the molecule is Cc1ccc(C(N)C2CCCC(C(F)(F)F)C2)cc1C. The van der Waals surface area contributed by atoms with Crippen LogP contribution in [0.3, 0.4) is 0 Å². The number of hydrogen-bond donors (Lipinski definition) is 1. The van der Waals surface area contributed by atoms with E-state index in [4.69, 9.17) is 5.73 Å². The summed E-state index contributed by atoms with van der Waals surface area (Å²) in [5.41, 5.74) is 9.50. The molecule has 1 nitrogen and oxygen atoms in total. The summed E-state index contributed by atoms with van der Waals surface area (Å²) in [6, 6.07) is 5.66. The van der Waals surface area contributed by atoms with Gasteiger partial charge in [0, 0.05) is 6.04 Å². The van der Waals surface area contributed by atoms with E-state index in [0.29, 0.717) is 6.42 Å². The summed E-state index contributed by atoms with van der Waals surface area (Å²) in [6.45, 7) is 4.02. The molecule has 0 aliphatic heterocycles. The van der Waals surface area contributed by atoms with Crippen molar-refractivity contribution in [3.63, 3.8) is 0 Å². The number of hydrogen-bond acceptors (Lipinski definition) is 1. The van der Waals surface area contributed by atoms with Gasteiger partial charge in [-0.05, 0) is 55.7 Å². The van der Waals surface area contributed by atoms with Crippen molar-refractivity contribution in [2.75, 3.05) is 0 Å². The first-order valence-electron chi connectivity index (χ1n) is 7.18.